The third-order valence-corrected chi connectivity index (χ3v) is 2.66. The largest absolute Gasteiger partial charge is 0.469 e. The highest BCUT2D eigenvalue weighted by Crippen LogP contribution is 2.21. The second-order valence-electron chi connectivity index (χ2n) is 3.89. The number of hydrogen-bond acceptors (Lipinski definition) is 8. The number of hydrogen-bond donors (Lipinski definition) is 4. The molecule has 0 saturated carbocycles. The van der Waals surface area contributed by atoms with Crippen molar-refractivity contribution < 1.29 is 39.4 Å². The van der Waals surface area contributed by atoms with Gasteiger partial charge in [0.05, 0.1) is 26.7 Å². The summed E-state index contributed by atoms with van der Waals surface area (Å²) in [5.41, 5.74) is 0. The fraction of sp³-hybridized carbons (Fsp3) is 0.900. The Morgan fingerprint density at radius 1 is 1.22 bits per heavy atom. The predicted molar refractivity (Wildman–Crippen MR) is 56.4 cm³/mol. The van der Waals surface area contributed by atoms with Gasteiger partial charge in [0.25, 0.3) is 0 Å². The molecule has 1 aliphatic rings. The molecular weight excluding hydrogens is 248 g/mol. The van der Waals surface area contributed by atoms with Crippen molar-refractivity contribution in [2.75, 3.05) is 20.3 Å². The Labute approximate surface area is 104 Å². The van der Waals surface area contributed by atoms with Gasteiger partial charge in [-0.3, -0.25) is 4.79 Å². The van der Waals surface area contributed by atoms with Crippen LogP contribution in [0.15, 0.2) is 0 Å². The van der Waals surface area contributed by atoms with Gasteiger partial charge >= 0.3 is 5.97 Å². The summed E-state index contributed by atoms with van der Waals surface area (Å²) in [4.78, 5) is 10.8. The Kier molecular flexibility index (Phi) is 5.93. The second kappa shape index (κ2) is 6.98. The van der Waals surface area contributed by atoms with Gasteiger partial charge in [0.15, 0.2) is 6.29 Å². The number of ether oxygens (including phenoxy) is 3. The van der Waals surface area contributed by atoms with E-state index in [-0.39, 0.29) is 13.0 Å². The van der Waals surface area contributed by atoms with E-state index in [0.717, 1.165) is 0 Å². The quantitative estimate of drug-likeness (QED) is 0.398. The van der Waals surface area contributed by atoms with E-state index >= 15 is 0 Å². The molecule has 1 saturated heterocycles. The molecule has 8 nitrogen and oxygen atoms in total. The third-order valence-electron chi connectivity index (χ3n) is 2.66. The van der Waals surface area contributed by atoms with E-state index in [9.17, 15) is 20.1 Å². The molecule has 0 radical (unpaired) electrons. The summed E-state index contributed by atoms with van der Waals surface area (Å²) in [5, 5.41) is 37.5. The summed E-state index contributed by atoms with van der Waals surface area (Å²) >= 11 is 0. The van der Waals surface area contributed by atoms with Crippen LogP contribution >= 0.6 is 0 Å². The van der Waals surface area contributed by atoms with Gasteiger partial charge in [-0.25, -0.2) is 0 Å². The molecule has 4 N–H and O–H groups in total. The van der Waals surface area contributed by atoms with Gasteiger partial charge in [-0.15, -0.1) is 0 Å². The van der Waals surface area contributed by atoms with E-state index in [1.54, 1.807) is 0 Å². The molecule has 0 aromatic carbocycles. The number of aliphatic hydroxyl groups is 4. The van der Waals surface area contributed by atoms with Crippen molar-refractivity contribution >= 4 is 5.97 Å². The van der Waals surface area contributed by atoms with Gasteiger partial charge in [-0.05, 0) is 0 Å². The van der Waals surface area contributed by atoms with Crippen molar-refractivity contribution in [3.63, 3.8) is 0 Å². The molecule has 0 aromatic rings. The summed E-state index contributed by atoms with van der Waals surface area (Å²) in [6.45, 7) is -0.600. The lowest BCUT2D eigenvalue weighted by Gasteiger charge is -2.39. The zero-order valence-corrected chi connectivity index (χ0v) is 9.93. The van der Waals surface area contributed by atoms with Gasteiger partial charge in [0, 0.05) is 0 Å². The molecule has 5 atom stereocenters. The lowest BCUT2D eigenvalue weighted by molar-refractivity contribution is -0.301. The minimum absolute atomic E-state index is 0.0362. The average molecular weight is 266 g/mol. The lowest BCUT2D eigenvalue weighted by Crippen LogP contribution is -2.59. The third kappa shape index (κ3) is 3.61. The fourth-order valence-corrected chi connectivity index (χ4v) is 1.57. The molecule has 1 rings (SSSR count). The number of esters is 1. The van der Waals surface area contributed by atoms with Crippen LogP contribution in [0.2, 0.25) is 0 Å². The van der Waals surface area contributed by atoms with Crippen LogP contribution in [0.1, 0.15) is 6.42 Å². The normalized spacial score (nSPS) is 36.4. The van der Waals surface area contributed by atoms with Crippen LogP contribution in [0.25, 0.3) is 0 Å². The van der Waals surface area contributed by atoms with Crippen molar-refractivity contribution in [3.8, 4) is 0 Å². The SMILES string of the molecule is COC(=O)CCO[C@H]1O[C@H](CO)[C@@H](O)[C@H](O)[C@@H]1O. The molecule has 106 valence electrons. The Balaban J connectivity index is 2.46. The molecule has 18 heavy (non-hydrogen) atoms. The van der Waals surface area contributed by atoms with Gasteiger partial charge in [0.2, 0.25) is 0 Å². The highest BCUT2D eigenvalue weighted by molar-refractivity contribution is 5.69. The minimum atomic E-state index is -1.49. The summed E-state index contributed by atoms with van der Waals surface area (Å²) in [5.74, 6) is -0.486. The fourth-order valence-electron chi connectivity index (χ4n) is 1.57. The van der Waals surface area contributed by atoms with Crippen LogP contribution in [0, 0.1) is 0 Å². The monoisotopic (exact) mass is 266 g/mol. The number of aliphatic hydroxyl groups excluding tert-OH is 4. The number of methoxy groups -OCH3 is 1. The maximum Gasteiger partial charge on any atom is 0.307 e. The summed E-state index contributed by atoms with van der Waals surface area (Å²) < 4.78 is 14.5. The molecule has 0 aliphatic carbocycles. The summed E-state index contributed by atoms with van der Waals surface area (Å²) in [6, 6.07) is 0. The Hall–Kier alpha value is -0.770. The minimum Gasteiger partial charge on any atom is -0.469 e. The van der Waals surface area contributed by atoms with Gasteiger partial charge in [-0.1, -0.05) is 0 Å². The molecule has 0 spiro atoms. The van der Waals surface area contributed by atoms with Crippen LogP contribution in [0.4, 0.5) is 0 Å². The van der Waals surface area contributed by atoms with Crippen molar-refractivity contribution in [1.29, 1.82) is 0 Å². The van der Waals surface area contributed by atoms with Crippen molar-refractivity contribution in [1.82, 2.24) is 0 Å². The molecule has 1 heterocycles. The lowest BCUT2D eigenvalue weighted by atomic mass is 9.99. The number of carbonyl (C=O) groups is 1. The zero-order valence-electron chi connectivity index (χ0n) is 9.93. The van der Waals surface area contributed by atoms with Crippen LogP contribution < -0.4 is 0 Å². The number of carbonyl (C=O) groups excluding carboxylic acids is 1. The molecule has 1 fully saturated rings. The molecular formula is C10H18O8. The molecule has 0 aromatic heterocycles. The van der Waals surface area contributed by atoms with E-state index in [4.69, 9.17) is 14.6 Å². The summed E-state index contributed by atoms with van der Waals surface area (Å²) in [6.07, 6.45) is -6.65. The van der Waals surface area contributed by atoms with Crippen molar-refractivity contribution in [2.24, 2.45) is 0 Å². The Bertz CT molecular complexity index is 269. The summed E-state index contributed by atoms with van der Waals surface area (Å²) in [7, 11) is 1.23. The maximum absolute atomic E-state index is 10.8. The van der Waals surface area contributed by atoms with Crippen LogP contribution in [-0.4, -0.2) is 77.4 Å². The van der Waals surface area contributed by atoms with E-state index in [0.29, 0.717) is 0 Å². The maximum atomic E-state index is 10.8. The first-order valence-corrected chi connectivity index (χ1v) is 5.50. The van der Waals surface area contributed by atoms with Gasteiger partial charge in [-0.2, -0.15) is 0 Å². The standard InChI is InChI=1S/C10H18O8/c1-16-6(12)2-3-17-10-9(15)8(14)7(13)5(4-11)18-10/h5,7-11,13-15H,2-4H2,1H3/t5-,7-,8+,9+,10+/m1/s1. The highest BCUT2D eigenvalue weighted by Gasteiger charge is 2.43. The Morgan fingerprint density at radius 2 is 1.89 bits per heavy atom. The molecule has 0 bridgehead atoms. The van der Waals surface area contributed by atoms with Crippen LogP contribution in [0.3, 0.4) is 0 Å². The van der Waals surface area contributed by atoms with E-state index in [2.05, 4.69) is 4.74 Å². The van der Waals surface area contributed by atoms with E-state index < -0.39 is 43.3 Å². The first-order valence-electron chi connectivity index (χ1n) is 5.50. The van der Waals surface area contributed by atoms with Crippen molar-refractivity contribution in [2.45, 2.75) is 37.1 Å². The number of rotatable bonds is 5. The van der Waals surface area contributed by atoms with E-state index in [1.165, 1.54) is 7.11 Å². The average Bonchev–Trinajstić information content (AvgIpc) is 2.38. The first-order chi connectivity index (χ1) is 8.51. The van der Waals surface area contributed by atoms with E-state index in [1.807, 2.05) is 0 Å². The first kappa shape index (κ1) is 15.3. The van der Waals surface area contributed by atoms with Crippen molar-refractivity contribution in [3.05, 3.63) is 0 Å². The smallest absolute Gasteiger partial charge is 0.307 e. The van der Waals surface area contributed by atoms with Gasteiger partial charge in [0.1, 0.15) is 24.4 Å². The Morgan fingerprint density at radius 3 is 2.44 bits per heavy atom. The highest BCUT2D eigenvalue weighted by atomic mass is 16.7. The second-order valence-corrected chi connectivity index (χ2v) is 3.89. The molecule has 8 heteroatoms. The predicted octanol–water partition coefficient (Wildman–Crippen LogP) is -2.63. The topological polar surface area (TPSA) is 126 Å². The van der Waals surface area contributed by atoms with Crippen LogP contribution in [0.5, 0.6) is 0 Å². The van der Waals surface area contributed by atoms with Gasteiger partial charge < -0.3 is 34.6 Å². The van der Waals surface area contributed by atoms with Crippen LogP contribution in [-0.2, 0) is 19.0 Å². The molecule has 0 amide bonds. The molecule has 1 aliphatic heterocycles. The zero-order chi connectivity index (χ0) is 13.7. The molecule has 0 unspecified atom stereocenters.